The molecule has 0 unspecified atom stereocenters. The van der Waals surface area contributed by atoms with Gasteiger partial charge < -0.3 is 14.9 Å². The molecule has 2 aromatic rings. The summed E-state index contributed by atoms with van der Waals surface area (Å²) in [5.41, 5.74) is 1.95. The first-order valence-corrected chi connectivity index (χ1v) is 8.23. The van der Waals surface area contributed by atoms with Crippen LogP contribution < -0.4 is 4.74 Å². The van der Waals surface area contributed by atoms with Crippen molar-refractivity contribution in [3.05, 3.63) is 36.0 Å². The molecule has 0 bridgehead atoms. The molecule has 3 rings (SSSR count). The van der Waals surface area contributed by atoms with Gasteiger partial charge in [0.05, 0.1) is 23.9 Å². The molecule has 0 saturated carbocycles. The van der Waals surface area contributed by atoms with Crippen LogP contribution in [0, 0.1) is 5.92 Å². The maximum atomic E-state index is 10.0. The van der Waals surface area contributed by atoms with E-state index in [1.807, 2.05) is 31.2 Å². The lowest BCUT2D eigenvalue weighted by atomic mass is 9.95. The third-order valence-corrected chi connectivity index (χ3v) is 4.45. The summed E-state index contributed by atoms with van der Waals surface area (Å²) in [6, 6.07) is 10.0. The molecule has 1 aromatic heterocycles. The molecule has 0 aliphatic carbocycles. The number of piperidine rings is 1. The number of rotatable bonds is 5. The number of likely N-dealkylation sites (tertiary alicyclic amines) is 1. The molecule has 0 spiro atoms. The van der Waals surface area contributed by atoms with Gasteiger partial charge >= 0.3 is 0 Å². The number of pyridine rings is 1. The number of aliphatic hydroxyl groups excluding tert-OH is 2. The molecule has 5 heteroatoms. The van der Waals surface area contributed by atoms with Crippen LogP contribution in [0.3, 0.4) is 0 Å². The van der Waals surface area contributed by atoms with Gasteiger partial charge in [0, 0.05) is 31.0 Å². The fourth-order valence-electron chi connectivity index (χ4n) is 3.12. The van der Waals surface area contributed by atoms with Crippen molar-refractivity contribution < 1.29 is 14.9 Å². The topological polar surface area (TPSA) is 65.8 Å². The van der Waals surface area contributed by atoms with E-state index in [0.29, 0.717) is 13.2 Å². The van der Waals surface area contributed by atoms with Gasteiger partial charge in [0.15, 0.2) is 0 Å². The van der Waals surface area contributed by atoms with E-state index in [1.165, 1.54) is 0 Å². The largest absolute Gasteiger partial charge is 0.494 e. The Morgan fingerprint density at radius 1 is 1.30 bits per heavy atom. The Labute approximate surface area is 136 Å². The third kappa shape index (κ3) is 3.80. The molecule has 1 aliphatic rings. The second kappa shape index (κ2) is 7.25. The molecule has 0 amide bonds. The van der Waals surface area contributed by atoms with Crippen LogP contribution in [0.1, 0.15) is 19.0 Å². The van der Waals surface area contributed by atoms with Gasteiger partial charge in [0.2, 0.25) is 0 Å². The van der Waals surface area contributed by atoms with Gasteiger partial charge in [-0.15, -0.1) is 0 Å². The summed E-state index contributed by atoms with van der Waals surface area (Å²) in [7, 11) is 0. The van der Waals surface area contributed by atoms with E-state index < -0.39 is 6.10 Å². The van der Waals surface area contributed by atoms with Crippen LogP contribution in [0.2, 0.25) is 0 Å². The standard InChI is InChI=1S/C18H24N2O3/c1-2-23-16-5-6-17-13(9-16)3-4-15(19-17)10-20-8-7-14(12-21)18(22)11-20/h3-6,9,14,18,21-22H,2,7-8,10-12H2,1H3/t14-,18+/m1/s1. The summed E-state index contributed by atoms with van der Waals surface area (Å²) >= 11 is 0. The monoisotopic (exact) mass is 316 g/mol. The minimum atomic E-state index is -0.456. The van der Waals surface area contributed by atoms with E-state index in [9.17, 15) is 10.2 Å². The van der Waals surface area contributed by atoms with Gasteiger partial charge in [-0.1, -0.05) is 6.07 Å². The summed E-state index contributed by atoms with van der Waals surface area (Å²) in [5, 5.41) is 20.3. The van der Waals surface area contributed by atoms with Crippen molar-refractivity contribution in [2.45, 2.75) is 26.0 Å². The van der Waals surface area contributed by atoms with Crippen LogP contribution in [0.15, 0.2) is 30.3 Å². The molecule has 5 nitrogen and oxygen atoms in total. The van der Waals surface area contributed by atoms with E-state index in [2.05, 4.69) is 11.0 Å². The van der Waals surface area contributed by atoms with Crippen molar-refractivity contribution in [3.63, 3.8) is 0 Å². The zero-order valence-corrected chi connectivity index (χ0v) is 13.5. The van der Waals surface area contributed by atoms with Crippen molar-refractivity contribution >= 4 is 10.9 Å². The van der Waals surface area contributed by atoms with E-state index in [1.54, 1.807) is 0 Å². The number of hydrogen-bond donors (Lipinski definition) is 2. The van der Waals surface area contributed by atoms with Crippen LogP contribution in [0.25, 0.3) is 10.9 Å². The second-order valence-electron chi connectivity index (χ2n) is 6.12. The van der Waals surface area contributed by atoms with Gasteiger partial charge in [-0.2, -0.15) is 0 Å². The Bertz CT molecular complexity index is 662. The Kier molecular flexibility index (Phi) is 5.10. The molecule has 124 valence electrons. The van der Waals surface area contributed by atoms with Crippen molar-refractivity contribution in [2.24, 2.45) is 5.92 Å². The first-order valence-electron chi connectivity index (χ1n) is 8.23. The second-order valence-corrected chi connectivity index (χ2v) is 6.12. The molecule has 2 atom stereocenters. The Morgan fingerprint density at radius 2 is 2.17 bits per heavy atom. The highest BCUT2D eigenvalue weighted by Crippen LogP contribution is 2.22. The maximum Gasteiger partial charge on any atom is 0.120 e. The molecular formula is C18H24N2O3. The number of benzene rings is 1. The van der Waals surface area contributed by atoms with Gasteiger partial charge in [-0.25, -0.2) is 0 Å². The summed E-state index contributed by atoms with van der Waals surface area (Å²) in [6.45, 7) is 4.88. The van der Waals surface area contributed by atoms with E-state index >= 15 is 0 Å². The summed E-state index contributed by atoms with van der Waals surface area (Å²) in [5.74, 6) is 0.872. The molecule has 23 heavy (non-hydrogen) atoms. The highest BCUT2D eigenvalue weighted by Gasteiger charge is 2.27. The lowest BCUT2D eigenvalue weighted by Gasteiger charge is -2.34. The summed E-state index contributed by atoms with van der Waals surface area (Å²) < 4.78 is 5.51. The molecule has 1 aliphatic heterocycles. The van der Waals surface area contributed by atoms with Crippen LogP contribution in [0.4, 0.5) is 0 Å². The van der Waals surface area contributed by atoms with Crippen molar-refractivity contribution in [1.82, 2.24) is 9.88 Å². The molecule has 2 heterocycles. The predicted molar refractivity (Wildman–Crippen MR) is 89.4 cm³/mol. The zero-order valence-electron chi connectivity index (χ0n) is 13.5. The maximum absolute atomic E-state index is 10.0. The molecule has 1 aromatic carbocycles. The summed E-state index contributed by atoms with van der Waals surface area (Å²) in [4.78, 5) is 6.90. The Hall–Kier alpha value is -1.69. The number of aliphatic hydroxyl groups is 2. The van der Waals surface area contributed by atoms with Gasteiger partial charge in [0.1, 0.15) is 5.75 Å². The fraction of sp³-hybridized carbons (Fsp3) is 0.500. The number of fused-ring (bicyclic) bond motifs is 1. The van der Waals surface area contributed by atoms with Gasteiger partial charge in [-0.05, 0) is 44.2 Å². The lowest BCUT2D eigenvalue weighted by Crippen LogP contribution is -2.44. The van der Waals surface area contributed by atoms with Crippen LogP contribution in [-0.4, -0.2) is 52.5 Å². The van der Waals surface area contributed by atoms with Crippen molar-refractivity contribution in [1.29, 1.82) is 0 Å². The van der Waals surface area contributed by atoms with Crippen LogP contribution >= 0.6 is 0 Å². The van der Waals surface area contributed by atoms with Crippen LogP contribution in [-0.2, 0) is 6.54 Å². The number of ether oxygens (including phenoxy) is 1. The minimum absolute atomic E-state index is 0.00722. The van der Waals surface area contributed by atoms with E-state index in [-0.39, 0.29) is 12.5 Å². The number of hydrogen-bond acceptors (Lipinski definition) is 5. The molecule has 2 N–H and O–H groups in total. The number of β-amino-alcohol motifs (C(OH)–C–C–N with tert-alkyl or cyclic N) is 1. The molecule has 1 fully saturated rings. The quantitative estimate of drug-likeness (QED) is 0.881. The highest BCUT2D eigenvalue weighted by atomic mass is 16.5. The first-order chi connectivity index (χ1) is 11.2. The molecule has 1 saturated heterocycles. The smallest absolute Gasteiger partial charge is 0.120 e. The minimum Gasteiger partial charge on any atom is -0.494 e. The number of aromatic nitrogens is 1. The van der Waals surface area contributed by atoms with Gasteiger partial charge in [0.25, 0.3) is 0 Å². The average Bonchev–Trinajstić information content (AvgIpc) is 2.55. The number of nitrogens with zero attached hydrogens (tertiary/aromatic N) is 2. The van der Waals surface area contributed by atoms with E-state index in [0.717, 1.165) is 41.9 Å². The first kappa shape index (κ1) is 16.2. The molecular weight excluding hydrogens is 292 g/mol. The van der Waals surface area contributed by atoms with Crippen molar-refractivity contribution in [2.75, 3.05) is 26.3 Å². The lowest BCUT2D eigenvalue weighted by molar-refractivity contribution is -0.00476. The zero-order chi connectivity index (χ0) is 16.2. The van der Waals surface area contributed by atoms with Crippen molar-refractivity contribution in [3.8, 4) is 5.75 Å². The van der Waals surface area contributed by atoms with E-state index in [4.69, 9.17) is 9.72 Å². The third-order valence-electron chi connectivity index (χ3n) is 4.45. The van der Waals surface area contributed by atoms with Crippen LogP contribution in [0.5, 0.6) is 5.75 Å². The SMILES string of the molecule is CCOc1ccc2nc(CN3CC[C@H](CO)[C@@H](O)C3)ccc2c1. The normalized spacial score (nSPS) is 22.4. The predicted octanol–water partition coefficient (Wildman–Crippen LogP) is 1.81. The average molecular weight is 316 g/mol. The fourth-order valence-corrected chi connectivity index (χ4v) is 3.12. The van der Waals surface area contributed by atoms with Gasteiger partial charge in [-0.3, -0.25) is 9.88 Å². The Morgan fingerprint density at radius 3 is 2.91 bits per heavy atom. The summed E-state index contributed by atoms with van der Waals surface area (Å²) in [6.07, 6.45) is 0.367. The molecule has 0 radical (unpaired) electrons. The Balaban J connectivity index is 1.70. The highest BCUT2D eigenvalue weighted by molar-refractivity contribution is 5.80.